The number of hydrogen-bond acceptors (Lipinski definition) is 5. The Morgan fingerprint density at radius 3 is 2.65 bits per heavy atom. The first-order chi connectivity index (χ1) is 11.3. The molecule has 3 heterocycles. The van der Waals surface area contributed by atoms with Crippen molar-refractivity contribution in [2.75, 3.05) is 37.6 Å². The quantitative estimate of drug-likeness (QED) is 0.888. The second-order valence-corrected chi connectivity index (χ2v) is 6.06. The summed E-state index contributed by atoms with van der Waals surface area (Å²) < 4.78 is 5.41. The molecule has 1 atom stereocenters. The Morgan fingerprint density at radius 1 is 1.22 bits per heavy atom. The molecule has 0 aromatic carbocycles. The Bertz CT molecular complexity index is 574. The number of rotatable bonds is 6. The normalized spacial score (nSPS) is 17.4. The number of likely N-dealkylation sites (N-methyl/N-ethyl adjacent to an activating group) is 1. The molecule has 1 N–H and O–H groups in total. The van der Waals surface area contributed by atoms with Crippen LogP contribution in [-0.4, -0.2) is 42.6 Å². The number of piperazine rings is 1. The number of hydrogen-bond donors (Lipinski definition) is 1. The third-order valence-electron chi connectivity index (χ3n) is 4.53. The average Bonchev–Trinajstić information content (AvgIpc) is 3.15. The molecule has 0 aliphatic carbocycles. The van der Waals surface area contributed by atoms with Gasteiger partial charge in [0.1, 0.15) is 11.6 Å². The number of aromatic nitrogens is 1. The predicted molar refractivity (Wildman–Crippen MR) is 92.5 cm³/mol. The Kier molecular flexibility index (Phi) is 5.31. The second kappa shape index (κ2) is 7.62. The molecule has 1 saturated heterocycles. The van der Waals surface area contributed by atoms with Gasteiger partial charge in [-0.3, -0.25) is 0 Å². The van der Waals surface area contributed by atoms with Gasteiger partial charge in [-0.15, -0.1) is 0 Å². The first-order valence-corrected chi connectivity index (χ1v) is 8.45. The standard InChI is InChI=1S/C18H26N4O/c1-3-21-8-10-22(11-9-21)18-7-6-16(14-20-18)13-19-15(2)17-5-4-12-23-17/h4-7,12,14-15,19H,3,8-11,13H2,1-2H3/t15-/m1/s1. The van der Waals surface area contributed by atoms with Crippen LogP contribution >= 0.6 is 0 Å². The topological polar surface area (TPSA) is 44.5 Å². The van der Waals surface area contributed by atoms with Crippen LogP contribution in [0.5, 0.6) is 0 Å². The van der Waals surface area contributed by atoms with E-state index in [1.54, 1.807) is 6.26 Å². The lowest BCUT2D eigenvalue weighted by atomic mass is 10.2. The number of pyridine rings is 1. The molecule has 2 aromatic heterocycles. The van der Waals surface area contributed by atoms with Gasteiger partial charge in [0.15, 0.2) is 0 Å². The van der Waals surface area contributed by atoms with Gasteiger partial charge < -0.3 is 19.5 Å². The highest BCUT2D eigenvalue weighted by atomic mass is 16.3. The van der Waals surface area contributed by atoms with Crippen LogP contribution in [0.4, 0.5) is 5.82 Å². The van der Waals surface area contributed by atoms with Gasteiger partial charge in [-0.05, 0) is 37.2 Å². The average molecular weight is 314 g/mol. The lowest BCUT2D eigenvalue weighted by molar-refractivity contribution is 0.270. The number of anilines is 1. The molecule has 5 heteroatoms. The van der Waals surface area contributed by atoms with E-state index in [0.29, 0.717) is 0 Å². The molecular formula is C18H26N4O. The van der Waals surface area contributed by atoms with Crippen LogP contribution < -0.4 is 10.2 Å². The smallest absolute Gasteiger partial charge is 0.128 e. The fourth-order valence-electron chi connectivity index (χ4n) is 2.91. The van der Waals surface area contributed by atoms with Crippen LogP contribution in [-0.2, 0) is 6.54 Å². The largest absolute Gasteiger partial charge is 0.468 e. The Labute approximate surface area is 138 Å². The molecule has 2 aromatic rings. The fraction of sp³-hybridized carbons (Fsp3) is 0.500. The summed E-state index contributed by atoms with van der Waals surface area (Å²) in [4.78, 5) is 9.48. The van der Waals surface area contributed by atoms with E-state index in [-0.39, 0.29) is 6.04 Å². The minimum absolute atomic E-state index is 0.201. The zero-order chi connectivity index (χ0) is 16.1. The third kappa shape index (κ3) is 4.12. The number of furan rings is 1. The molecule has 1 aliphatic heterocycles. The summed E-state index contributed by atoms with van der Waals surface area (Å²) in [5.74, 6) is 2.05. The predicted octanol–water partition coefficient (Wildman–Crippen LogP) is 2.67. The van der Waals surface area contributed by atoms with Gasteiger partial charge >= 0.3 is 0 Å². The maximum absolute atomic E-state index is 5.41. The molecule has 0 spiro atoms. The van der Waals surface area contributed by atoms with Gasteiger partial charge in [0.2, 0.25) is 0 Å². The van der Waals surface area contributed by atoms with Crippen LogP contribution in [0.2, 0.25) is 0 Å². The zero-order valence-electron chi connectivity index (χ0n) is 14.0. The van der Waals surface area contributed by atoms with Gasteiger partial charge in [0.05, 0.1) is 12.3 Å². The van der Waals surface area contributed by atoms with Crippen molar-refractivity contribution >= 4 is 5.82 Å². The maximum Gasteiger partial charge on any atom is 0.128 e. The first kappa shape index (κ1) is 16.0. The van der Waals surface area contributed by atoms with Gasteiger partial charge in [0.25, 0.3) is 0 Å². The molecule has 124 valence electrons. The molecule has 0 amide bonds. The van der Waals surface area contributed by atoms with Gasteiger partial charge in [-0.25, -0.2) is 4.98 Å². The maximum atomic E-state index is 5.41. The lowest BCUT2D eigenvalue weighted by Crippen LogP contribution is -2.46. The minimum Gasteiger partial charge on any atom is -0.468 e. The monoisotopic (exact) mass is 314 g/mol. The van der Waals surface area contributed by atoms with E-state index in [2.05, 4.69) is 46.1 Å². The minimum atomic E-state index is 0.201. The summed E-state index contributed by atoms with van der Waals surface area (Å²) in [6, 6.07) is 8.41. The molecule has 0 bridgehead atoms. The van der Waals surface area contributed by atoms with E-state index in [9.17, 15) is 0 Å². The van der Waals surface area contributed by atoms with Crippen LogP contribution in [0.25, 0.3) is 0 Å². The highest BCUT2D eigenvalue weighted by Crippen LogP contribution is 2.16. The van der Waals surface area contributed by atoms with Gasteiger partial charge in [0, 0.05) is 38.9 Å². The van der Waals surface area contributed by atoms with E-state index in [1.807, 2.05) is 18.3 Å². The van der Waals surface area contributed by atoms with E-state index in [1.165, 1.54) is 5.56 Å². The fourth-order valence-corrected chi connectivity index (χ4v) is 2.91. The van der Waals surface area contributed by atoms with Crippen molar-refractivity contribution in [1.82, 2.24) is 15.2 Å². The second-order valence-electron chi connectivity index (χ2n) is 6.06. The third-order valence-corrected chi connectivity index (χ3v) is 4.53. The molecule has 3 rings (SSSR count). The van der Waals surface area contributed by atoms with Crippen molar-refractivity contribution in [2.45, 2.75) is 26.4 Å². The first-order valence-electron chi connectivity index (χ1n) is 8.45. The van der Waals surface area contributed by atoms with E-state index >= 15 is 0 Å². The molecule has 1 fully saturated rings. The molecule has 5 nitrogen and oxygen atoms in total. The summed E-state index contributed by atoms with van der Waals surface area (Å²) in [5, 5.41) is 3.46. The lowest BCUT2D eigenvalue weighted by Gasteiger charge is -2.34. The van der Waals surface area contributed by atoms with E-state index < -0.39 is 0 Å². The molecule has 23 heavy (non-hydrogen) atoms. The summed E-state index contributed by atoms with van der Waals surface area (Å²) in [6.07, 6.45) is 3.69. The number of nitrogens with one attached hydrogen (secondary N) is 1. The summed E-state index contributed by atoms with van der Waals surface area (Å²) >= 11 is 0. The molecule has 0 saturated carbocycles. The van der Waals surface area contributed by atoms with Crippen molar-refractivity contribution in [3.05, 3.63) is 48.0 Å². The Hall–Kier alpha value is -1.85. The van der Waals surface area contributed by atoms with Crippen LogP contribution in [0.15, 0.2) is 41.1 Å². The van der Waals surface area contributed by atoms with Crippen molar-refractivity contribution in [3.8, 4) is 0 Å². The van der Waals surface area contributed by atoms with Crippen molar-refractivity contribution in [2.24, 2.45) is 0 Å². The highest BCUT2D eigenvalue weighted by molar-refractivity contribution is 5.39. The summed E-state index contributed by atoms with van der Waals surface area (Å²) in [5.41, 5.74) is 1.19. The van der Waals surface area contributed by atoms with Gasteiger partial charge in [-0.1, -0.05) is 13.0 Å². The highest BCUT2D eigenvalue weighted by Gasteiger charge is 2.16. The zero-order valence-corrected chi connectivity index (χ0v) is 14.0. The number of nitrogens with zero attached hydrogens (tertiary/aromatic N) is 3. The van der Waals surface area contributed by atoms with E-state index in [4.69, 9.17) is 4.42 Å². The van der Waals surface area contributed by atoms with Gasteiger partial charge in [-0.2, -0.15) is 0 Å². The summed E-state index contributed by atoms with van der Waals surface area (Å²) in [7, 11) is 0. The van der Waals surface area contributed by atoms with Crippen molar-refractivity contribution in [1.29, 1.82) is 0 Å². The molecular weight excluding hydrogens is 288 g/mol. The summed E-state index contributed by atoms with van der Waals surface area (Å²) in [6.45, 7) is 10.6. The van der Waals surface area contributed by atoms with Crippen LogP contribution in [0, 0.1) is 0 Å². The Balaban J connectivity index is 1.51. The van der Waals surface area contributed by atoms with Crippen LogP contribution in [0.3, 0.4) is 0 Å². The molecule has 0 radical (unpaired) electrons. The molecule has 0 unspecified atom stereocenters. The molecule has 1 aliphatic rings. The van der Waals surface area contributed by atoms with Crippen LogP contribution in [0.1, 0.15) is 31.2 Å². The Morgan fingerprint density at radius 2 is 2.04 bits per heavy atom. The van der Waals surface area contributed by atoms with Crippen molar-refractivity contribution in [3.63, 3.8) is 0 Å². The van der Waals surface area contributed by atoms with Crippen molar-refractivity contribution < 1.29 is 4.42 Å². The SMILES string of the molecule is CCN1CCN(c2ccc(CN[C@H](C)c3ccco3)cn2)CC1. The van der Waals surface area contributed by atoms with E-state index in [0.717, 1.165) is 50.8 Å².